The highest BCUT2D eigenvalue weighted by molar-refractivity contribution is 6.22. The Hall–Kier alpha value is -3.86. The van der Waals surface area contributed by atoms with Gasteiger partial charge in [0, 0.05) is 12.8 Å². The Balaban J connectivity index is 2.10. The molecule has 0 saturated carbocycles. The predicted octanol–water partition coefficient (Wildman–Crippen LogP) is 1.42. The fourth-order valence-corrected chi connectivity index (χ4v) is 4.11. The number of nitriles is 1. The third-order valence-electron chi connectivity index (χ3n) is 5.22. The van der Waals surface area contributed by atoms with Gasteiger partial charge in [-0.2, -0.15) is 5.26 Å². The molecule has 1 unspecified atom stereocenters. The molecule has 1 aliphatic carbocycles. The summed E-state index contributed by atoms with van der Waals surface area (Å²) in [4.78, 5) is 39.3. The van der Waals surface area contributed by atoms with Crippen molar-refractivity contribution in [3.05, 3.63) is 64.3 Å². The molecular formula is C21H17N3O5. The van der Waals surface area contributed by atoms with Gasteiger partial charge in [0.25, 0.3) is 0 Å². The molecule has 1 amide bonds. The monoisotopic (exact) mass is 391 g/mol. The number of Topliss-reactive ketones (excluding diaryl/α,β-unsaturated/α-hetero) is 1. The van der Waals surface area contributed by atoms with Crippen LogP contribution in [0.5, 0.6) is 0 Å². The molecule has 3 N–H and O–H groups in total. The number of fused-ring (bicyclic) bond motifs is 1. The number of rotatable bonds is 3. The highest BCUT2D eigenvalue weighted by Gasteiger charge is 2.64. The van der Waals surface area contributed by atoms with Gasteiger partial charge in [0.1, 0.15) is 17.4 Å². The average molecular weight is 391 g/mol. The molecular weight excluding hydrogens is 374 g/mol. The highest BCUT2D eigenvalue weighted by atomic mass is 16.5. The zero-order chi connectivity index (χ0) is 20.8. The number of carbonyl (C=O) groups is 3. The maximum absolute atomic E-state index is 13.4. The zero-order valence-electron chi connectivity index (χ0n) is 15.6. The van der Waals surface area contributed by atoms with Gasteiger partial charge in [0.15, 0.2) is 11.2 Å². The Morgan fingerprint density at radius 1 is 1.31 bits per heavy atom. The molecule has 1 atom stereocenters. The number of nitrogens with one attached hydrogen (secondary N) is 1. The second kappa shape index (κ2) is 6.63. The van der Waals surface area contributed by atoms with Crippen molar-refractivity contribution in [1.82, 2.24) is 5.32 Å². The third-order valence-corrected chi connectivity index (χ3v) is 5.22. The van der Waals surface area contributed by atoms with E-state index >= 15 is 0 Å². The number of hydrogen-bond acceptors (Lipinski definition) is 7. The number of amides is 1. The quantitative estimate of drug-likeness (QED) is 0.745. The Labute approximate surface area is 166 Å². The molecule has 0 aromatic heterocycles. The molecule has 1 aromatic carbocycles. The number of ether oxygens (including phenoxy) is 2. The van der Waals surface area contributed by atoms with Crippen LogP contribution in [0.25, 0.3) is 5.70 Å². The van der Waals surface area contributed by atoms with E-state index in [9.17, 15) is 19.6 Å². The lowest BCUT2D eigenvalue weighted by Crippen LogP contribution is -2.44. The van der Waals surface area contributed by atoms with E-state index in [1.54, 1.807) is 37.3 Å². The molecule has 146 valence electrons. The molecule has 0 fully saturated rings. The van der Waals surface area contributed by atoms with Crippen LogP contribution in [0.1, 0.15) is 25.3 Å². The van der Waals surface area contributed by atoms with Crippen molar-refractivity contribution in [2.75, 3.05) is 6.61 Å². The number of benzene rings is 1. The Kier molecular flexibility index (Phi) is 4.23. The maximum atomic E-state index is 13.4. The first-order chi connectivity index (χ1) is 14.0. The minimum absolute atomic E-state index is 0.0188. The molecule has 2 heterocycles. The van der Waals surface area contributed by atoms with Gasteiger partial charge in [-0.3, -0.25) is 9.59 Å². The van der Waals surface area contributed by atoms with E-state index in [-0.39, 0.29) is 59.3 Å². The van der Waals surface area contributed by atoms with Crippen LogP contribution in [-0.2, 0) is 23.9 Å². The van der Waals surface area contributed by atoms with Crippen LogP contribution in [0.4, 0.5) is 0 Å². The number of nitrogens with zero attached hydrogens (tertiary/aromatic N) is 1. The van der Waals surface area contributed by atoms with E-state index in [1.165, 1.54) is 0 Å². The van der Waals surface area contributed by atoms with Crippen LogP contribution in [-0.4, -0.2) is 24.3 Å². The number of esters is 1. The van der Waals surface area contributed by atoms with Crippen LogP contribution in [0.3, 0.4) is 0 Å². The van der Waals surface area contributed by atoms with E-state index in [0.29, 0.717) is 5.56 Å². The summed E-state index contributed by atoms with van der Waals surface area (Å²) < 4.78 is 10.7. The first-order valence-corrected chi connectivity index (χ1v) is 9.10. The summed E-state index contributed by atoms with van der Waals surface area (Å²) >= 11 is 0. The van der Waals surface area contributed by atoms with Crippen molar-refractivity contribution in [2.45, 2.75) is 19.8 Å². The van der Waals surface area contributed by atoms with Crippen molar-refractivity contribution in [1.29, 1.82) is 5.26 Å². The Bertz CT molecular complexity index is 1090. The van der Waals surface area contributed by atoms with Crippen LogP contribution in [0.2, 0.25) is 0 Å². The fraction of sp³-hybridized carbons (Fsp3) is 0.238. The summed E-state index contributed by atoms with van der Waals surface area (Å²) in [5, 5.41) is 12.5. The lowest BCUT2D eigenvalue weighted by atomic mass is 9.67. The summed E-state index contributed by atoms with van der Waals surface area (Å²) in [6.45, 7) is 1.68. The third kappa shape index (κ3) is 2.41. The number of carbonyl (C=O) groups excluding carboxylic acids is 3. The molecule has 8 heteroatoms. The van der Waals surface area contributed by atoms with Crippen molar-refractivity contribution >= 4 is 23.4 Å². The number of ketones is 1. The van der Waals surface area contributed by atoms with Crippen LogP contribution in [0, 0.1) is 16.7 Å². The summed E-state index contributed by atoms with van der Waals surface area (Å²) in [5.41, 5.74) is 4.26. The van der Waals surface area contributed by atoms with E-state index in [0.717, 1.165) is 0 Å². The minimum atomic E-state index is -1.99. The molecule has 8 nitrogen and oxygen atoms in total. The molecule has 29 heavy (non-hydrogen) atoms. The zero-order valence-corrected chi connectivity index (χ0v) is 15.6. The summed E-state index contributed by atoms with van der Waals surface area (Å²) in [6, 6.07) is 10.6. The van der Waals surface area contributed by atoms with Gasteiger partial charge < -0.3 is 20.5 Å². The molecule has 0 bridgehead atoms. The number of allylic oxidation sites excluding steroid dienone is 1. The van der Waals surface area contributed by atoms with Crippen molar-refractivity contribution in [2.24, 2.45) is 11.1 Å². The van der Waals surface area contributed by atoms with E-state index in [1.807, 2.05) is 6.07 Å². The normalized spacial score (nSPS) is 23.2. The maximum Gasteiger partial charge on any atom is 0.337 e. The largest absolute Gasteiger partial charge is 0.463 e. The first-order valence-electron chi connectivity index (χ1n) is 9.10. The van der Waals surface area contributed by atoms with Gasteiger partial charge in [-0.15, -0.1) is 0 Å². The Morgan fingerprint density at radius 2 is 2.03 bits per heavy atom. The second-order valence-electron chi connectivity index (χ2n) is 6.72. The lowest BCUT2D eigenvalue weighted by Gasteiger charge is -2.33. The predicted molar refractivity (Wildman–Crippen MR) is 99.7 cm³/mol. The SMILES string of the molecule is CCOC(=O)C1=C(c2ccccc2)NC(=O)C12C(C#N)=C(N)OC1=C2C(=O)CC1. The smallest absolute Gasteiger partial charge is 0.337 e. The van der Waals surface area contributed by atoms with Gasteiger partial charge >= 0.3 is 5.97 Å². The summed E-state index contributed by atoms with van der Waals surface area (Å²) in [5.74, 6) is -1.97. The average Bonchev–Trinajstić information content (AvgIpc) is 3.21. The van der Waals surface area contributed by atoms with Gasteiger partial charge in [-0.1, -0.05) is 30.3 Å². The van der Waals surface area contributed by atoms with Gasteiger partial charge in [-0.25, -0.2) is 4.79 Å². The first kappa shape index (κ1) is 18.5. The second-order valence-corrected chi connectivity index (χ2v) is 6.72. The molecule has 4 rings (SSSR count). The molecule has 0 radical (unpaired) electrons. The number of hydrogen-bond donors (Lipinski definition) is 2. The topological polar surface area (TPSA) is 132 Å². The van der Waals surface area contributed by atoms with E-state index in [4.69, 9.17) is 15.2 Å². The minimum Gasteiger partial charge on any atom is -0.463 e. The Morgan fingerprint density at radius 3 is 2.69 bits per heavy atom. The molecule has 2 aliphatic heterocycles. The highest BCUT2D eigenvalue weighted by Crippen LogP contribution is 2.56. The standard InChI is InChI=1S/C21H17N3O5/c1-2-28-19(26)16-17(11-6-4-3-5-7-11)24-20(27)21(16)12(10-22)18(23)29-14-9-8-13(25)15(14)21/h3-7H,2,8-9,23H2,1H3,(H,24,27). The molecule has 3 aliphatic rings. The van der Waals surface area contributed by atoms with Gasteiger partial charge in [-0.05, 0) is 12.5 Å². The summed E-state index contributed by atoms with van der Waals surface area (Å²) in [7, 11) is 0. The lowest BCUT2D eigenvalue weighted by molar-refractivity contribution is -0.140. The number of nitrogens with two attached hydrogens (primary N) is 1. The summed E-state index contributed by atoms with van der Waals surface area (Å²) in [6.07, 6.45) is 0.335. The molecule has 0 saturated heterocycles. The molecule has 1 aromatic rings. The van der Waals surface area contributed by atoms with Crippen LogP contribution >= 0.6 is 0 Å². The van der Waals surface area contributed by atoms with Gasteiger partial charge in [0.05, 0.1) is 23.5 Å². The van der Waals surface area contributed by atoms with E-state index in [2.05, 4.69) is 5.32 Å². The molecule has 1 spiro atoms. The van der Waals surface area contributed by atoms with Crippen LogP contribution < -0.4 is 11.1 Å². The fourth-order valence-electron chi connectivity index (χ4n) is 4.11. The van der Waals surface area contributed by atoms with Crippen molar-refractivity contribution in [3.8, 4) is 6.07 Å². The van der Waals surface area contributed by atoms with Gasteiger partial charge in [0.2, 0.25) is 11.8 Å². The van der Waals surface area contributed by atoms with Crippen molar-refractivity contribution < 1.29 is 23.9 Å². The van der Waals surface area contributed by atoms with Crippen molar-refractivity contribution in [3.63, 3.8) is 0 Å². The van der Waals surface area contributed by atoms with E-state index < -0.39 is 17.3 Å². The van der Waals surface area contributed by atoms with Crippen LogP contribution in [0.15, 0.2) is 58.7 Å².